The molecule has 1 amide bonds. The van der Waals surface area contributed by atoms with Crippen molar-refractivity contribution in [1.29, 1.82) is 0 Å². The number of aryl methyl sites for hydroxylation is 1. The van der Waals surface area contributed by atoms with Crippen LogP contribution in [0, 0.1) is 0 Å². The quantitative estimate of drug-likeness (QED) is 0.843. The second-order valence-electron chi connectivity index (χ2n) is 4.27. The molecule has 0 aromatic carbocycles. The Kier molecular flexibility index (Phi) is 4.17. The lowest BCUT2D eigenvalue weighted by molar-refractivity contribution is -0.121. The lowest BCUT2D eigenvalue weighted by Gasteiger charge is -2.12. The Morgan fingerprint density at radius 2 is 2.44 bits per heavy atom. The zero-order chi connectivity index (χ0) is 12.8. The molecule has 0 aliphatic rings. The maximum atomic E-state index is 11.7. The van der Waals surface area contributed by atoms with Gasteiger partial charge in [0, 0.05) is 37.8 Å². The molecule has 0 saturated carbocycles. The van der Waals surface area contributed by atoms with Crippen LogP contribution < -0.4 is 5.32 Å². The van der Waals surface area contributed by atoms with Gasteiger partial charge >= 0.3 is 0 Å². The molecule has 1 atom stereocenters. The van der Waals surface area contributed by atoms with Gasteiger partial charge in [0.25, 0.3) is 0 Å². The van der Waals surface area contributed by atoms with Crippen molar-refractivity contribution in [3.8, 4) is 0 Å². The molecule has 0 bridgehead atoms. The van der Waals surface area contributed by atoms with Crippen molar-refractivity contribution in [2.45, 2.75) is 32.4 Å². The van der Waals surface area contributed by atoms with Crippen LogP contribution in [0.25, 0.3) is 0 Å². The van der Waals surface area contributed by atoms with Gasteiger partial charge in [0.15, 0.2) is 0 Å². The van der Waals surface area contributed by atoms with E-state index < -0.39 is 0 Å². The Morgan fingerprint density at radius 1 is 1.56 bits per heavy atom. The number of carbonyl (C=O) groups is 1. The summed E-state index contributed by atoms with van der Waals surface area (Å²) in [4.78, 5) is 11.7. The van der Waals surface area contributed by atoms with Crippen molar-refractivity contribution in [2.75, 3.05) is 0 Å². The average molecular weight is 247 g/mol. The number of furan rings is 1. The largest absolute Gasteiger partial charge is 0.469 e. The van der Waals surface area contributed by atoms with Crippen molar-refractivity contribution >= 4 is 5.91 Å². The SMILES string of the molecule is C[C@@H](Cc1ccco1)NC(=O)CCn1cccn1. The highest BCUT2D eigenvalue weighted by atomic mass is 16.3. The van der Waals surface area contributed by atoms with Crippen molar-refractivity contribution in [1.82, 2.24) is 15.1 Å². The first-order chi connectivity index (χ1) is 8.74. The van der Waals surface area contributed by atoms with Crippen LogP contribution in [0.1, 0.15) is 19.1 Å². The zero-order valence-corrected chi connectivity index (χ0v) is 10.4. The van der Waals surface area contributed by atoms with Gasteiger partial charge in [-0.2, -0.15) is 5.10 Å². The van der Waals surface area contributed by atoms with Crippen LogP contribution in [-0.2, 0) is 17.8 Å². The number of rotatable bonds is 6. The van der Waals surface area contributed by atoms with E-state index >= 15 is 0 Å². The second-order valence-corrected chi connectivity index (χ2v) is 4.27. The number of nitrogens with zero attached hydrogens (tertiary/aromatic N) is 2. The molecule has 0 spiro atoms. The minimum absolute atomic E-state index is 0.0320. The van der Waals surface area contributed by atoms with Crippen LogP contribution in [0.15, 0.2) is 41.3 Å². The average Bonchev–Trinajstić information content (AvgIpc) is 2.98. The van der Waals surface area contributed by atoms with Gasteiger partial charge in [-0.3, -0.25) is 9.48 Å². The number of hydrogen-bond donors (Lipinski definition) is 1. The molecule has 1 N–H and O–H groups in total. The first kappa shape index (κ1) is 12.4. The van der Waals surface area contributed by atoms with E-state index in [9.17, 15) is 4.79 Å². The van der Waals surface area contributed by atoms with E-state index in [1.165, 1.54) is 0 Å². The van der Waals surface area contributed by atoms with Crippen molar-refractivity contribution in [3.63, 3.8) is 0 Å². The van der Waals surface area contributed by atoms with Crippen LogP contribution in [-0.4, -0.2) is 21.7 Å². The predicted molar refractivity (Wildman–Crippen MR) is 66.9 cm³/mol. The maximum Gasteiger partial charge on any atom is 0.222 e. The molecule has 0 aliphatic carbocycles. The van der Waals surface area contributed by atoms with Gasteiger partial charge in [-0.05, 0) is 25.1 Å². The summed E-state index contributed by atoms with van der Waals surface area (Å²) in [6, 6.07) is 5.67. The van der Waals surface area contributed by atoms with Crippen molar-refractivity contribution in [3.05, 3.63) is 42.6 Å². The molecule has 0 aliphatic heterocycles. The summed E-state index contributed by atoms with van der Waals surface area (Å²) in [5.41, 5.74) is 0. The normalized spacial score (nSPS) is 12.3. The molecule has 0 fully saturated rings. The summed E-state index contributed by atoms with van der Waals surface area (Å²) < 4.78 is 6.99. The molecule has 5 heteroatoms. The maximum absolute atomic E-state index is 11.7. The number of aromatic nitrogens is 2. The van der Waals surface area contributed by atoms with Crippen LogP contribution in [0.5, 0.6) is 0 Å². The van der Waals surface area contributed by atoms with E-state index in [1.807, 2.05) is 31.3 Å². The molecule has 2 rings (SSSR count). The fraction of sp³-hybridized carbons (Fsp3) is 0.385. The van der Waals surface area contributed by atoms with E-state index in [4.69, 9.17) is 4.42 Å². The minimum Gasteiger partial charge on any atom is -0.469 e. The van der Waals surface area contributed by atoms with E-state index in [1.54, 1.807) is 17.1 Å². The van der Waals surface area contributed by atoms with Gasteiger partial charge < -0.3 is 9.73 Å². The molecule has 2 aromatic rings. The van der Waals surface area contributed by atoms with Gasteiger partial charge in [0.1, 0.15) is 5.76 Å². The molecule has 96 valence electrons. The van der Waals surface area contributed by atoms with Crippen molar-refractivity contribution in [2.24, 2.45) is 0 Å². The number of hydrogen-bond acceptors (Lipinski definition) is 3. The standard InChI is InChI=1S/C13H17N3O2/c1-11(10-12-4-2-9-18-12)15-13(17)5-8-16-7-3-6-14-16/h2-4,6-7,9,11H,5,8,10H2,1H3,(H,15,17)/t11-/m0/s1. The lowest BCUT2D eigenvalue weighted by atomic mass is 10.2. The fourth-order valence-electron chi connectivity index (χ4n) is 1.78. The molecule has 0 radical (unpaired) electrons. The first-order valence-electron chi connectivity index (χ1n) is 6.03. The van der Waals surface area contributed by atoms with E-state index in [-0.39, 0.29) is 11.9 Å². The number of amides is 1. The van der Waals surface area contributed by atoms with Crippen LogP contribution >= 0.6 is 0 Å². The molecular formula is C13H17N3O2. The predicted octanol–water partition coefficient (Wildman–Crippen LogP) is 1.61. The summed E-state index contributed by atoms with van der Waals surface area (Å²) in [5.74, 6) is 0.916. The molecule has 5 nitrogen and oxygen atoms in total. The monoisotopic (exact) mass is 247 g/mol. The third kappa shape index (κ3) is 3.76. The van der Waals surface area contributed by atoms with E-state index in [2.05, 4.69) is 10.4 Å². The second kappa shape index (κ2) is 6.05. The Morgan fingerprint density at radius 3 is 3.11 bits per heavy atom. The van der Waals surface area contributed by atoms with Crippen LogP contribution in [0.4, 0.5) is 0 Å². The number of carbonyl (C=O) groups excluding carboxylic acids is 1. The smallest absolute Gasteiger partial charge is 0.222 e. The summed E-state index contributed by atoms with van der Waals surface area (Å²) >= 11 is 0. The topological polar surface area (TPSA) is 60.1 Å². The van der Waals surface area contributed by atoms with E-state index in [0.717, 1.165) is 5.76 Å². The third-order valence-corrected chi connectivity index (χ3v) is 2.62. The van der Waals surface area contributed by atoms with Gasteiger partial charge in [0.2, 0.25) is 5.91 Å². The Labute approximate surface area is 106 Å². The summed E-state index contributed by atoms with van der Waals surface area (Å²) in [6.45, 7) is 2.57. The highest BCUT2D eigenvalue weighted by molar-refractivity contribution is 5.76. The summed E-state index contributed by atoms with van der Waals surface area (Å²) in [6.07, 6.45) is 6.34. The highest BCUT2D eigenvalue weighted by Crippen LogP contribution is 2.04. The minimum atomic E-state index is 0.0320. The molecule has 0 unspecified atom stereocenters. The fourth-order valence-corrected chi connectivity index (χ4v) is 1.78. The Bertz CT molecular complexity index is 462. The van der Waals surface area contributed by atoms with Gasteiger partial charge in [-0.1, -0.05) is 0 Å². The highest BCUT2D eigenvalue weighted by Gasteiger charge is 2.09. The van der Waals surface area contributed by atoms with Gasteiger partial charge in [-0.25, -0.2) is 0 Å². The zero-order valence-electron chi connectivity index (χ0n) is 10.4. The molecule has 0 saturated heterocycles. The van der Waals surface area contributed by atoms with Crippen molar-refractivity contribution < 1.29 is 9.21 Å². The first-order valence-corrected chi connectivity index (χ1v) is 6.03. The van der Waals surface area contributed by atoms with Gasteiger partial charge in [0.05, 0.1) is 6.26 Å². The lowest BCUT2D eigenvalue weighted by Crippen LogP contribution is -2.34. The Hall–Kier alpha value is -2.04. The summed E-state index contributed by atoms with van der Waals surface area (Å²) in [5, 5.41) is 6.99. The molecule has 18 heavy (non-hydrogen) atoms. The molecular weight excluding hydrogens is 230 g/mol. The third-order valence-electron chi connectivity index (χ3n) is 2.62. The van der Waals surface area contributed by atoms with Gasteiger partial charge in [-0.15, -0.1) is 0 Å². The molecule has 2 aromatic heterocycles. The Balaban J connectivity index is 1.70. The summed E-state index contributed by atoms with van der Waals surface area (Å²) in [7, 11) is 0. The van der Waals surface area contributed by atoms with Crippen LogP contribution in [0.2, 0.25) is 0 Å². The number of nitrogens with one attached hydrogen (secondary N) is 1. The van der Waals surface area contributed by atoms with E-state index in [0.29, 0.717) is 19.4 Å². The van der Waals surface area contributed by atoms with Crippen LogP contribution in [0.3, 0.4) is 0 Å². The molecule has 2 heterocycles.